The summed E-state index contributed by atoms with van der Waals surface area (Å²) in [5, 5.41) is 11.8. The van der Waals surface area contributed by atoms with Crippen LogP contribution in [0.25, 0.3) is 29.6 Å². The van der Waals surface area contributed by atoms with Crippen molar-refractivity contribution in [1.29, 1.82) is 0 Å². The van der Waals surface area contributed by atoms with Gasteiger partial charge in [-0.25, -0.2) is 4.79 Å². The minimum absolute atomic E-state index is 0.276. The Morgan fingerprint density at radius 2 is 1.70 bits per heavy atom. The van der Waals surface area contributed by atoms with Crippen molar-refractivity contribution in [2.45, 2.75) is 32.5 Å². The molecular weight excluding hydrogens is 582 g/mol. The molecule has 12 heteroatoms. The molecule has 206 valence electrons. The van der Waals surface area contributed by atoms with Gasteiger partial charge in [0.1, 0.15) is 6.10 Å². The number of carbonyl (C=O) groups excluding carboxylic acids is 1. The molecule has 0 saturated heterocycles. The number of hydrogen-bond donors (Lipinski definition) is 2. The molecule has 0 aliphatic heterocycles. The molecule has 3 aromatic heterocycles. The van der Waals surface area contributed by atoms with E-state index in [1.54, 1.807) is 13.8 Å². The molecule has 0 bridgehead atoms. The third-order valence-corrected chi connectivity index (χ3v) is 9.58. The number of carboxylic acid groups (broad SMARTS) is 1. The molecule has 0 saturated carbocycles. The number of rotatable bonds is 7. The number of alkyl halides is 3. The maximum Gasteiger partial charge on any atom is 0.416 e. The molecule has 0 aliphatic rings. The number of aliphatic carboxylic acids is 1. The van der Waals surface area contributed by atoms with E-state index in [-0.39, 0.29) is 5.56 Å². The van der Waals surface area contributed by atoms with Crippen LogP contribution in [0.5, 0.6) is 0 Å². The summed E-state index contributed by atoms with van der Waals surface area (Å²) in [6, 6.07) is 16.9. The smallest absolute Gasteiger partial charge is 0.416 e. The number of aromatic nitrogens is 1. The fraction of sp³-hybridized carbons (Fsp3) is 0.179. The Bertz CT molecular complexity index is 1680. The fourth-order valence-corrected chi connectivity index (χ4v) is 7.50. The van der Waals surface area contributed by atoms with E-state index >= 15 is 0 Å². The van der Waals surface area contributed by atoms with Crippen LogP contribution in [0.2, 0.25) is 0 Å². The Balaban J connectivity index is 1.39. The summed E-state index contributed by atoms with van der Waals surface area (Å²) >= 11 is 4.02. The number of nitrogens with one attached hydrogen (secondary N) is 1. The second kappa shape index (κ2) is 11.0. The van der Waals surface area contributed by atoms with Gasteiger partial charge < -0.3 is 9.84 Å². The predicted octanol–water partition coefficient (Wildman–Crippen LogP) is 9.02. The molecule has 40 heavy (non-hydrogen) atoms. The normalized spacial score (nSPS) is 12.4. The number of hydrogen-bond acceptors (Lipinski definition) is 7. The van der Waals surface area contributed by atoms with Gasteiger partial charge in [-0.2, -0.15) is 17.5 Å². The zero-order chi connectivity index (χ0) is 28.6. The molecule has 6 nitrogen and oxygen atoms in total. The summed E-state index contributed by atoms with van der Waals surface area (Å²) in [5.74, 6) is -1.33. The quantitative estimate of drug-likeness (QED) is 0.194. The lowest BCUT2D eigenvalue weighted by molar-refractivity contribution is -0.139. The van der Waals surface area contributed by atoms with Gasteiger partial charge in [0, 0.05) is 14.3 Å². The van der Waals surface area contributed by atoms with Gasteiger partial charge in [0.15, 0.2) is 0 Å². The summed E-state index contributed by atoms with van der Waals surface area (Å²) in [4.78, 5) is 26.0. The molecule has 1 unspecified atom stereocenters. The van der Waals surface area contributed by atoms with Gasteiger partial charge in [0.2, 0.25) is 0 Å². The molecule has 5 aromatic rings. The number of amides is 1. The summed E-state index contributed by atoms with van der Waals surface area (Å²) in [5.41, 5.74) is 1.20. The molecule has 0 fully saturated rings. The molecular formula is C28H21F3N2O4S3. The first-order valence-electron chi connectivity index (χ1n) is 11.9. The SMILES string of the molecule is Cc1nsc(-c2cc3sc(-c4ccc(CC(=O)O)c(C(F)(F)F)c4)cc3s2)c1NC(=O)OC(C)c1ccccc1. The van der Waals surface area contributed by atoms with E-state index in [4.69, 9.17) is 9.84 Å². The summed E-state index contributed by atoms with van der Waals surface area (Å²) in [6.45, 7) is 3.58. The molecule has 0 radical (unpaired) electrons. The van der Waals surface area contributed by atoms with Crippen molar-refractivity contribution in [1.82, 2.24) is 4.37 Å². The van der Waals surface area contributed by atoms with Crippen molar-refractivity contribution in [3.05, 3.63) is 83.0 Å². The Kier molecular flexibility index (Phi) is 7.67. The van der Waals surface area contributed by atoms with Crippen LogP contribution in [0.4, 0.5) is 23.7 Å². The topological polar surface area (TPSA) is 88.5 Å². The minimum Gasteiger partial charge on any atom is -0.481 e. The summed E-state index contributed by atoms with van der Waals surface area (Å²) in [6.07, 6.45) is -6.43. The number of ether oxygens (including phenoxy) is 1. The number of fused-ring (bicyclic) bond motifs is 1. The van der Waals surface area contributed by atoms with Crippen molar-refractivity contribution in [2.75, 3.05) is 5.32 Å². The van der Waals surface area contributed by atoms with E-state index in [9.17, 15) is 22.8 Å². The van der Waals surface area contributed by atoms with E-state index in [1.165, 1.54) is 46.3 Å². The lowest BCUT2D eigenvalue weighted by Gasteiger charge is -2.14. The number of nitrogens with zero attached hydrogens (tertiary/aromatic N) is 1. The zero-order valence-electron chi connectivity index (χ0n) is 21.0. The number of carboxylic acids is 1. The first kappa shape index (κ1) is 27.8. The Morgan fingerprint density at radius 3 is 2.38 bits per heavy atom. The minimum atomic E-state index is -4.67. The average Bonchev–Trinajstić information content (AvgIpc) is 3.57. The summed E-state index contributed by atoms with van der Waals surface area (Å²) < 4.78 is 52.6. The van der Waals surface area contributed by atoms with Crippen LogP contribution < -0.4 is 5.32 Å². The van der Waals surface area contributed by atoms with E-state index < -0.39 is 36.3 Å². The van der Waals surface area contributed by atoms with Crippen LogP contribution in [0, 0.1) is 6.92 Å². The standard InChI is InChI=1S/C28H21F3N2O4S3/c1-14-25(32-27(36)37-15(2)16-6-4-3-5-7-16)26(40-33-14)23-13-22-21(39-23)12-20(38-22)18-9-8-17(11-24(34)35)19(10-18)28(29,30)31/h3-10,12-13,15H,11H2,1-2H3,(H,32,36)(H,34,35). The molecule has 1 atom stereocenters. The van der Waals surface area contributed by atoms with Gasteiger partial charge in [0.25, 0.3) is 0 Å². The van der Waals surface area contributed by atoms with E-state index in [1.807, 2.05) is 42.5 Å². The number of anilines is 1. The van der Waals surface area contributed by atoms with Crippen LogP contribution in [-0.2, 0) is 22.1 Å². The van der Waals surface area contributed by atoms with Gasteiger partial charge in [-0.15, -0.1) is 22.7 Å². The molecule has 0 spiro atoms. The van der Waals surface area contributed by atoms with Crippen LogP contribution >= 0.6 is 34.2 Å². The van der Waals surface area contributed by atoms with Gasteiger partial charge >= 0.3 is 18.2 Å². The van der Waals surface area contributed by atoms with Crippen LogP contribution in [0.3, 0.4) is 0 Å². The number of aryl methyl sites for hydroxylation is 1. The second-order valence-corrected chi connectivity index (χ2v) is 11.9. The molecule has 0 aliphatic carbocycles. The van der Waals surface area contributed by atoms with E-state index in [0.29, 0.717) is 21.8 Å². The van der Waals surface area contributed by atoms with Gasteiger partial charge in [-0.3, -0.25) is 10.1 Å². The fourth-order valence-electron chi connectivity index (χ4n) is 4.17. The van der Waals surface area contributed by atoms with Gasteiger partial charge in [-0.1, -0.05) is 42.5 Å². The zero-order valence-corrected chi connectivity index (χ0v) is 23.5. The van der Waals surface area contributed by atoms with Crippen molar-refractivity contribution < 1.29 is 32.6 Å². The third kappa shape index (κ3) is 5.88. The van der Waals surface area contributed by atoms with E-state index in [2.05, 4.69) is 9.69 Å². The predicted molar refractivity (Wildman–Crippen MR) is 152 cm³/mol. The highest BCUT2D eigenvalue weighted by atomic mass is 32.1. The number of thiophene rings is 2. The lowest BCUT2D eigenvalue weighted by Crippen LogP contribution is -2.16. The van der Waals surface area contributed by atoms with Crippen molar-refractivity contribution >= 4 is 61.4 Å². The molecule has 3 heterocycles. The highest BCUT2D eigenvalue weighted by molar-refractivity contribution is 7.32. The molecule has 2 aromatic carbocycles. The number of carbonyl (C=O) groups is 2. The number of halogens is 3. The number of benzene rings is 2. The van der Waals surface area contributed by atoms with Crippen molar-refractivity contribution in [3.8, 4) is 20.2 Å². The van der Waals surface area contributed by atoms with Crippen LogP contribution in [0.15, 0.2) is 60.7 Å². The lowest BCUT2D eigenvalue weighted by atomic mass is 10.0. The first-order chi connectivity index (χ1) is 19.0. The monoisotopic (exact) mass is 602 g/mol. The highest BCUT2D eigenvalue weighted by Gasteiger charge is 2.34. The summed E-state index contributed by atoms with van der Waals surface area (Å²) in [7, 11) is 0. The Hall–Kier alpha value is -3.74. The maximum absolute atomic E-state index is 13.6. The van der Waals surface area contributed by atoms with Gasteiger partial charge in [0.05, 0.1) is 33.1 Å². The van der Waals surface area contributed by atoms with E-state index in [0.717, 1.165) is 30.8 Å². The first-order valence-corrected chi connectivity index (χ1v) is 14.3. The maximum atomic E-state index is 13.6. The van der Waals surface area contributed by atoms with Crippen molar-refractivity contribution in [3.63, 3.8) is 0 Å². The third-order valence-electron chi connectivity index (χ3n) is 6.11. The Labute approximate surface area is 238 Å². The highest BCUT2D eigenvalue weighted by Crippen LogP contribution is 2.46. The second-order valence-electron chi connectivity index (χ2n) is 8.95. The van der Waals surface area contributed by atoms with Gasteiger partial charge in [-0.05, 0) is 60.3 Å². The Morgan fingerprint density at radius 1 is 1.02 bits per heavy atom. The molecule has 2 N–H and O–H groups in total. The van der Waals surface area contributed by atoms with Crippen molar-refractivity contribution in [2.24, 2.45) is 0 Å². The largest absolute Gasteiger partial charge is 0.481 e. The average molecular weight is 603 g/mol. The molecule has 1 amide bonds. The van der Waals surface area contributed by atoms with Crippen LogP contribution in [0.1, 0.15) is 35.4 Å². The molecule has 5 rings (SSSR count). The van der Waals surface area contributed by atoms with Crippen LogP contribution in [-0.4, -0.2) is 21.5 Å².